The Morgan fingerprint density at radius 3 is 1.09 bits per heavy atom. The lowest BCUT2D eigenvalue weighted by atomic mass is 10.0. The van der Waals surface area contributed by atoms with Crippen molar-refractivity contribution in [3.8, 4) is 0 Å². The molecule has 0 rings (SSSR count). The highest BCUT2D eigenvalue weighted by molar-refractivity contribution is 7.47. The van der Waals surface area contributed by atoms with Crippen molar-refractivity contribution < 1.29 is 52.2 Å². The molecule has 426 valence electrons. The first-order valence-electron chi connectivity index (χ1n) is 29.5. The number of esters is 3. The van der Waals surface area contributed by atoms with Crippen LogP contribution >= 0.6 is 7.82 Å². The van der Waals surface area contributed by atoms with Gasteiger partial charge in [-0.1, -0.05) is 228 Å². The van der Waals surface area contributed by atoms with Crippen molar-refractivity contribution >= 4 is 25.7 Å². The third-order valence-electron chi connectivity index (χ3n) is 12.3. The molecule has 0 fully saturated rings. The van der Waals surface area contributed by atoms with Crippen LogP contribution in [0.2, 0.25) is 0 Å². The smallest absolute Gasteiger partial charge is 0.462 e. The van der Waals surface area contributed by atoms with Crippen molar-refractivity contribution in [1.29, 1.82) is 0 Å². The topological polar surface area (TPSA) is 155 Å². The van der Waals surface area contributed by atoms with E-state index in [1.54, 1.807) is 0 Å². The average molecular weight is 1060 g/mol. The van der Waals surface area contributed by atoms with E-state index in [2.05, 4.69) is 106 Å². The minimum Gasteiger partial charge on any atom is -0.462 e. The minimum atomic E-state index is -4.76. The zero-order valence-electron chi connectivity index (χ0n) is 47.0. The van der Waals surface area contributed by atoms with Gasteiger partial charge in [0.25, 0.3) is 0 Å². The van der Waals surface area contributed by atoms with Crippen molar-refractivity contribution in [3.05, 3.63) is 85.1 Å². The van der Waals surface area contributed by atoms with Gasteiger partial charge in [-0.25, -0.2) is 4.57 Å². The van der Waals surface area contributed by atoms with Gasteiger partial charge in [0.2, 0.25) is 0 Å². The van der Waals surface area contributed by atoms with Gasteiger partial charge in [0.1, 0.15) is 12.7 Å². The van der Waals surface area contributed by atoms with Crippen molar-refractivity contribution in [1.82, 2.24) is 0 Å². The summed E-state index contributed by atoms with van der Waals surface area (Å²) in [5.41, 5.74) is 0. The van der Waals surface area contributed by atoms with E-state index in [0.29, 0.717) is 19.3 Å². The van der Waals surface area contributed by atoms with Crippen LogP contribution in [0, 0.1) is 0 Å². The Balaban J connectivity index is 4.74. The van der Waals surface area contributed by atoms with Crippen LogP contribution in [0.5, 0.6) is 0 Å². The Bertz CT molecular complexity index is 1560. The number of phosphoric ester groups is 1. The van der Waals surface area contributed by atoms with Gasteiger partial charge in [-0.3, -0.25) is 23.4 Å². The highest BCUT2D eigenvalue weighted by Gasteiger charge is 2.28. The number of aliphatic hydroxyl groups is 1. The molecular weight excluding hydrogens is 952 g/mol. The Morgan fingerprint density at radius 2 is 0.703 bits per heavy atom. The predicted octanol–water partition coefficient (Wildman–Crippen LogP) is 17.5. The van der Waals surface area contributed by atoms with Gasteiger partial charge in [0.05, 0.1) is 19.8 Å². The highest BCUT2D eigenvalue weighted by atomic mass is 31.2. The number of carbonyl (C=O) groups excluding carboxylic acids is 3. The molecule has 0 saturated heterocycles. The van der Waals surface area contributed by atoms with Crippen molar-refractivity contribution in [3.63, 3.8) is 0 Å². The third-order valence-corrected chi connectivity index (χ3v) is 13.3. The van der Waals surface area contributed by atoms with Gasteiger partial charge >= 0.3 is 25.7 Å². The van der Waals surface area contributed by atoms with E-state index in [4.69, 9.17) is 23.3 Å². The van der Waals surface area contributed by atoms with Crippen molar-refractivity contribution in [2.24, 2.45) is 0 Å². The summed E-state index contributed by atoms with van der Waals surface area (Å²) in [6, 6.07) is 0. The fraction of sp³-hybridized carbons (Fsp3) is 0.726. The van der Waals surface area contributed by atoms with Gasteiger partial charge in [0, 0.05) is 19.3 Å². The average Bonchev–Trinajstić information content (AvgIpc) is 3.39. The highest BCUT2D eigenvalue weighted by Crippen LogP contribution is 2.43. The van der Waals surface area contributed by atoms with Crippen LogP contribution in [0.4, 0.5) is 0 Å². The number of hydrogen-bond acceptors (Lipinski definition) is 10. The third kappa shape index (κ3) is 53.5. The maximum Gasteiger partial charge on any atom is 0.472 e. The van der Waals surface area contributed by atoms with Crippen LogP contribution in [0.1, 0.15) is 252 Å². The molecule has 11 nitrogen and oxygen atoms in total. The van der Waals surface area contributed by atoms with E-state index < -0.39 is 57.8 Å². The number of phosphoric acid groups is 1. The largest absolute Gasteiger partial charge is 0.472 e. The summed E-state index contributed by atoms with van der Waals surface area (Å²) in [4.78, 5) is 48.5. The maximum atomic E-state index is 12.9. The number of allylic oxidation sites excluding steroid dienone is 14. The van der Waals surface area contributed by atoms with E-state index >= 15 is 0 Å². The summed E-state index contributed by atoms with van der Waals surface area (Å²) < 4.78 is 39.5. The summed E-state index contributed by atoms with van der Waals surface area (Å²) >= 11 is 0. The molecule has 0 aromatic heterocycles. The van der Waals surface area contributed by atoms with E-state index in [1.165, 1.54) is 83.5 Å². The monoisotopic (exact) mass is 1060 g/mol. The molecule has 3 atom stereocenters. The first-order valence-corrected chi connectivity index (χ1v) is 31.0. The second-order valence-corrected chi connectivity index (χ2v) is 20.9. The van der Waals surface area contributed by atoms with Crippen molar-refractivity contribution in [2.75, 3.05) is 26.4 Å². The van der Waals surface area contributed by atoms with Crippen LogP contribution in [0.15, 0.2) is 85.1 Å². The number of hydrogen-bond donors (Lipinski definition) is 2. The van der Waals surface area contributed by atoms with Gasteiger partial charge < -0.3 is 24.2 Å². The Labute approximate surface area is 451 Å². The summed E-state index contributed by atoms with van der Waals surface area (Å²) in [7, 11) is -4.76. The van der Waals surface area contributed by atoms with Gasteiger partial charge in [-0.05, 0) is 89.9 Å². The van der Waals surface area contributed by atoms with Crippen LogP contribution < -0.4 is 0 Å². The number of ether oxygens (including phenoxy) is 3. The standard InChI is InChI=1S/C62H107O11P/c1-4-7-10-13-16-19-22-25-27-29-31-34-37-40-43-46-49-52-61(65)72-58(54-63)56-70-74(67,68)71-57-59(55-69-60(64)51-48-45-42-39-36-33-24-21-18-15-12-9-6-3)73-62(66)53-50-47-44-41-38-35-32-30-28-26-23-20-17-14-11-8-5-2/h8-9,11-12,17-18,20-21,26,28,32-33,35-36,58-59,63H,4-7,10,13-16,19,22-25,27,29-31,34,37-57H2,1-3H3,(H,67,68)/b11-8-,12-9-,20-17-,21-18-,28-26-,35-32-,36-33-. The molecule has 0 amide bonds. The predicted molar refractivity (Wildman–Crippen MR) is 307 cm³/mol. The van der Waals surface area contributed by atoms with E-state index in [1.807, 2.05) is 0 Å². The molecule has 2 N–H and O–H groups in total. The molecule has 3 unspecified atom stereocenters. The number of unbranched alkanes of at least 4 members (excludes halogenated alkanes) is 23. The molecule has 12 heteroatoms. The first-order chi connectivity index (χ1) is 36.2. The van der Waals surface area contributed by atoms with Gasteiger partial charge in [0.15, 0.2) is 6.10 Å². The molecule has 0 spiro atoms. The van der Waals surface area contributed by atoms with E-state index in [-0.39, 0.29) is 25.9 Å². The Kier molecular flexibility index (Phi) is 53.4. The zero-order valence-corrected chi connectivity index (χ0v) is 47.9. The minimum absolute atomic E-state index is 0.131. The molecule has 0 bridgehead atoms. The molecular formula is C62H107O11P. The zero-order chi connectivity index (χ0) is 54.1. The van der Waals surface area contributed by atoms with Crippen LogP contribution in [-0.2, 0) is 42.2 Å². The lowest BCUT2D eigenvalue weighted by molar-refractivity contribution is -0.161. The number of carbonyl (C=O) groups is 3. The quantitative estimate of drug-likeness (QED) is 0.0197. The summed E-state index contributed by atoms with van der Waals surface area (Å²) in [6.07, 6.45) is 64.0. The lowest BCUT2D eigenvalue weighted by Gasteiger charge is -2.21. The van der Waals surface area contributed by atoms with Gasteiger partial charge in [-0.2, -0.15) is 0 Å². The molecule has 0 aromatic rings. The van der Waals surface area contributed by atoms with Crippen LogP contribution in [0.3, 0.4) is 0 Å². The summed E-state index contributed by atoms with van der Waals surface area (Å²) in [5.74, 6) is -1.53. The molecule has 0 heterocycles. The SMILES string of the molecule is CC/C=C\C/C=C\C/C=C\C/C=C\CCCCCCC(=O)OC(COC(=O)CCCCC/C=C\C/C=C\C/C=C\CC)COP(=O)(O)OCC(CO)OC(=O)CCCCCCCCCCCCCCCCCCC. The number of rotatable bonds is 54. The molecule has 0 aromatic carbocycles. The van der Waals surface area contributed by atoms with E-state index in [0.717, 1.165) is 109 Å². The molecule has 0 aliphatic heterocycles. The second-order valence-electron chi connectivity index (χ2n) is 19.4. The fourth-order valence-electron chi connectivity index (χ4n) is 7.89. The molecule has 0 radical (unpaired) electrons. The Hall–Kier alpha value is -3.34. The Morgan fingerprint density at radius 1 is 0.392 bits per heavy atom. The molecule has 0 saturated carbocycles. The lowest BCUT2D eigenvalue weighted by Crippen LogP contribution is -2.30. The second kappa shape index (κ2) is 55.9. The number of aliphatic hydroxyl groups excluding tert-OH is 1. The molecule has 74 heavy (non-hydrogen) atoms. The van der Waals surface area contributed by atoms with Crippen LogP contribution in [-0.4, -0.2) is 66.5 Å². The normalized spacial score (nSPS) is 14.0. The maximum absolute atomic E-state index is 12.9. The van der Waals surface area contributed by atoms with E-state index in [9.17, 15) is 28.9 Å². The summed E-state index contributed by atoms with van der Waals surface area (Å²) in [5, 5.41) is 9.83. The molecule has 0 aliphatic rings. The van der Waals surface area contributed by atoms with Crippen molar-refractivity contribution in [2.45, 2.75) is 264 Å². The van der Waals surface area contributed by atoms with Gasteiger partial charge in [-0.15, -0.1) is 0 Å². The molecule has 0 aliphatic carbocycles. The summed E-state index contributed by atoms with van der Waals surface area (Å²) in [6.45, 7) is 4.37. The van der Waals surface area contributed by atoms with Crippen LogP contribution in [0.25, 0.3) is 0 Å². The fourth-order valence-corrected chi connectivity index (χ4v) is 8.68. The first kappa shape index (κ1) is 70.7.